The third-order valence-corrected chi connectivity index (χ3v) is 4.15. The van der Waals surface area contributed by atoms with E-state index in [-0.39, 0.29) is 23.1 Å². The smallest absolute Gasteiger partial charge is 0.134 e. The minimum Gasteiger partial charge on any atom is -0.497 e. The number of nitrogens with two attached hydrogens (primary N) is 1. The van der Waals surface area contributed by atoms with Crippen LogP contribution in [0.4, 0.5) is 8.78 Å². The quantitative estimate of drug-likeness (QED) is 0.929. The maximum atomic E-state index is 14.1. The van der Waals surface area contributed by atoms with Gasteiger partial charge in [-0.3, -0.25) is 0 Å². The van der Waals surface area contributed by atoms with Crippen LogP contribution in [0.1, 0.15) is 29.5 Å². The zero-order chi connectivity index (χ0) is 15.0. The van der Waals surface area contributed by atoms with E-state index in [0.717, 1.165) is 6.42 Å². The van der Waals surface area contributed by atoms with Gasteiger partial charge in [-0.25, -0.2) is 8.78 Å². The topological polar surface area (TPSA) is 35.2 Å². The van der Waals surface area contributed by atoms with Gasteiger partial charge < -0.3 is 10.5 Å². The van der Waals surface area contributed by atoms with Crippen LogP contribution in [0.25, 0.3) is 0 Å². The fraction of sp³-hybridized carbons (Fsp3) is 0.294. The van der Waals surface area contributed by atoms with E-state index in [9.17, 15) is 8.78 Å². The van der Waals surface area contributed by atoms with E-state index in [0.29, 0.717) is 0 Å². The highest BCUT2D eigenvalue weighted by Gasteiger charge is 2.44. The highest BCUT2D eigenvalue weighted by Crippen LogP contribution is 2.53. The van der Waals surface area contributed by atoms with E-state index in [2.05, 4.69) is 0 Å². The van der Waals surface area contributed by atoms with Gasteiger partial charge in [0.25, 0.3) is 0 Å². The molecule has 3 rings (SSSR count). The third kappa shape index (κ3) is 2.63. The maximum Gasteiger partial charge on any atom is 0.134 e. The lowest BCUT2D eigenvalue weighted by Crippen LogP contribution is -2.17. The molecule has 0 aliphatic heterocycles. The van der Waals surface area contributed by atoms with Gasteiger partial charge in [0.2, 0.25) is 0 Å². The molecule has 0 spiro atoms. The summed E-state index contributed by atoms with van der Waals surface area (Å²) in [6.45, 7) is 0. The molecule has 4 heteroatoms. The molecule has 1 fully saturated rings. The Morgan fingerprint density at radius 1 is 1.14 bits per heavy atom. The highest BCUT2D eigenvalue weighted by molar-refractivity contribution is 5.35. The van der Waals surface area contributed by atoms with Crippen LogP contribution in [0.15, 0.2) is 42.5 Å². The average molecular weight is 289 g/mol. The molecule has 0 heterocycles. The van der Waals surface area contributed by atoms with Gasteiger partial charge >= 0.3 is 0 Å². The summed E-state index contributed by atoms with van der Waals surface area (Å²) in [5.74, 6) is -0.764. The van der Waals surface area contributed by atoms with Gasteiger partial charge in [-0.05, 0) is 23.8 Å². The molecule has 1 saturated carbocycles. The van der Waals surface area contributed by atoms with Gasteiger partial charge in [0.15, 0.2) is 0 Å². The SMILES string of the molecule is COc1cc(F)c(C(N)C2CC2c2ccccc2)c(F)c1. The Morgan fingerprint density at radius 2 is 1.76 bits per heavy atom. The van der Waals surface area contributed by atoms with E-state index < -0.39 is 17.7 Å². The summed E-state index contributed by atoms with van der Waals surface area (Å²) in [5, 5.41) is 0. The first kappa shape index (κ1) is 14.0. The van der Waals surface area contributed by atoms with E-state index in [4.69, 9.17) is 10.5 Å². The number of methoxy groups -OCH3 is 1. The van der Waals surface area contributed by atoms with Crippen LogP contribution in [-0.4, -0.2) is 7.11 Å². The minimum absolute atomic E-state index is 0.0424. The Balaban J connectivity index is 1.83. The predicted octanol–water partition coefficient (Wildman–Crippen LogP) is 3.78. The first-order valence-corrected chi connectivity index (χ1v) is 6.95. The van der Waals surface area contributed by atoms with Gasteiger partial charge in [0, 0.05) is 23.7 Å². The predicted molar refractivity (Wildman–Crippen MR) is 77.1 cm³/mol. The first-order valence-electron chi connectivity index (χ1n) is 6.95. The second kappa shape index (κ2) is 5.45. The van der Waals surface area contributed by atoms with Crippen molar-refractivity contribution in [2.45, 2.75) is 18.4 Å². The summed E-state index contributed by atoms with van der Waals surface area (Å²) in [5.41, 5.74) is 7.23. The summed E-state index contributed by atoms with van der Waals surface area (Å²) in [4.78, 5) is 0. The van der Waals surface area contributed by atoms with E-state index in [1.54, 1.807) is 0 Å². The fourth-order valence-electron chi connectivity index (χ4n) is 2.91. The molecule has 1 aliphatic carbocycles. The second-order valence-electron chi connectivity index (χ2n) is 5.45. The van der Waals surface area contributed by atoms with Crippen LogP contribution in [0.3, 0.4) is 0 Å². The molecule has 2 aromatic carbocycles. The van der Waals surface area contributed by atoms with E-state index in [1.807, 2.05) is 30.3 Å². The first-order chi connectivity index (χ1) is 10.1. The molecular formula is C17H17F2NO. The number of hydrogen-bond acceptors (Lipinski definition) is 2. The molecule has 2 nitrogen and oxygen atoms in total. The van der Waals surface area contributed by atoms with E-state index >= 15 is 0 Å². The molecule has 0 saturated heterocycles. The van der Waals surface area contributed by atoms with Gasteiger partial charge in [-0.2, -0.15) is 0 Å². The van der Waals surface area contributed by atoms with Crippen LogP contribution in [0, 0.1) is 17.6 Å². The highest BCUT2D eigenvalue weighted by atomic mass is 19.1. The van der Waals surface area contributed by atoms with Crippen LogP contribution >= 0.6 is 0 Å². The fourth-order valence-corrected chi connectivity index (χ4v) is 2.91. The second-order valence-corrected chi connectivity index (χ2v) is 5.45. The van der Waals surface area contributed by atoms with Crippen LogP contribution in [0.2, 0.25) is 0 Å². The summed E-state index contributed by atoms with van der Waals surface area (Å²) in [7, 11) is 1.38. The molecule has 21 heavy (non-hydrogen) atoms. The summed E-state index contributed by atoms with van der Waals surface area (Å²) < 4.78 is 33.0. The Hall–Kier alpha value is -1.94. The lowest BCUT2D eigenvalue weighted by atomic mass is 9.98. The monoisotopic (exact) mass is 289 g/mol. The molecular weight excluding hydrogens is 272 g/mol. The molecule has 1 aliphatic rings. The summed E-state index contributed by atoms with van der Waals surface area (Å²) in [6, 6.07) is 11.6. The van der Waals surface area contributed by atoms with Crippen LogP contribution < -0.4 is 10.5 Å². The number of rotatable bonds is 4. The Bertz CT molecular complexity index is 621. The van der Waals surface area contributed by atoms with Crippen molar-refractivity contribution in [3.8, 4) is 5.75 Å². The Kier molecular flexibility index (Phi) is 3.64. The van der Waals surface area contributed by atoms with Gasteiger partial charge in [-0.15, -0.1) is 0 Å². The largest absolute Gasteiger partial charge is 0.497 e. The molecule has 0 amide bonds. The normalized spacial score (nSPS) is 21.9. The molecule has 2 N–H and O–H groups in total. The van der Waals surface area contributed by atoms with Crippen molar-refractivity contribution in [1.29, 1.82) is 0 Å². The van der Waals surface area contributed by atoms with E-state index in [1.165, 1.54) is 24.8 Å². The molecule has 3 atom stereocenters. The van der Waals surface area contributed by atoms with Gasteiger partial charge in [0.05, 0.1) is 7.11 Å². The molecule has 0 bridgehead atoms. The number of benzene rings is 2. The number of hydrogen-bond donors (Lipinski definition) is 1. The summed E-state index contributed by atoms with van der Waals surface area (Å²) in [6.07, 6.45) is 0.857. The zero-order valence-corrected chi connectivity index (χ0v) is 11.7. The third-order valence-electron chi connectivity index (χ3n) is 4.15. The van der Waals surface area contributed by atoms with Crippen molar-refractivity contribution in [2.75, 3.05) is 7.11 Å². The summed E-state index contributed by atoms with van der Waals surface area (Å²) >= 11 is 0. The minimum atomic E-state index is -0.641. The average Bonchev–Trinajstić information content (AvgIpc) is 3.27. The van der Waals surface area contributed by atoms with Gasteiger partial charge in [0.1, 0.15) is 17.4 Å². The van der Waals surface area contributed by atoms with Crippen molar-refractivity contribution >= 4 is 0 Å². The number of halogens is 2. The molecule has 110 valence electrons. The standard InChI is InChI=1S/C17H17F2NO/c1-21-11-7-14(18)16(15(19)8-11)17(20)13-9-12(13)10-5-3-2-4-6-10/h2-8,12-13,17H,9,20H2,1H3. The van der Waals surface area contributed by atoms with Crippen LogP contribution in [-0.2, 0) is 0 Å². The lowest BCUT2D eigenvalue weighted by Gasteiger charge is -2.15. The van der Waals surface area contributed by atoms with Crippen molar-refractivity contribution in [3.05, 3.63) is 65.2 Å². The Morgan fingerprint density at radius 3 is 2.33 bits per heavy atom. The molecule has 0 radical (unpaired) electrons. The van der Waals surface area contributed by atoms with Crippen LogP contribution in [0.5, 0.6) is 5.75 Å². The van der Waals surface area contributed by atoms with Crippen molar-refractivity contribution in [1.82, 2.24) is 0 Å². The molecule has 2 aromatic rings. The molecule has 3 unspecified atom stereocenters. The lowest BCUT2D eigenvalue weighted by molar-refractivity contribution is 0.402. The zero-order valence-electron chi connectivity index (χ0n) is 11.7. The number of ether oxygens (including phenoxy) is 1. The van der Waals surface area contributed by atoms with Gasteiger partial charge in [-0.1, -0.05) is 30.3 Å². The maximum absolute atomic E-state index is 14.1. The van der Waals surface area contributed by atoms with Crippen molar-refractivity contribution in [2.24, 2.45) is 11.7 Å². The Labute approximate surface area is 122 Å². The van der Waals surface area contributed by atoms with Crippen molar-refractivity contribution < 1.29 is 13.5 Å². The van der Waals surface area contributed by atoms with Crippen molar-refractivity contribution in [3.63, 3.8) is 0 Å². The molecule has 0 aromatic heterocycles.